The summed E-state index contributed by atoms with van der Waals surface area (Å²) in [5.41, 5.74) is 0.405. The Hall–Kier alpha value is -2.32. The van der Waals surface area contributed by atoms with Crippen molar-refractivity contribution in [2.24, 2.45) is 5.14 Å². The van der Waals surface area contributed by atoms with Crippen LogP contribution in [0.4, 0.5) is 0 Å². The molecule has 1 aromatic carbocycles. The summed E-state index contributed by atoms with van der Waals surface area (Å²) in [5.74, 6) is -1.62. The summed E-state index contributed by atoms with van der Waals surface area (Å²) in [4.78, 5) is 26.8. The molecule has 0 radical (unpaired) electrons. The minimum absolute atomic E-state index is 0.0144. The average molecular weight is 278 g/mol. The first kappa shape index (κ1) is 11.8. The van der Waals surface area contributed by atoms with E-state index in [1.54, 1.807) is 0 Å². The van der Waals surface area contributed by atoms with E-state index >= 15 is 0 Å². The fourth-order valence-corrected chi connectivity index (χ4v) is 2.45. The molecule has 0 saturated carbocycles. The third-order valence-electron chi connectivity index (χ3n) is 2.78. The lowest BCUT2D eigenvalue weighted by atomic mass is 10.1. The van der Waals surface area contributed by atoms with Gasteiger partial charge in [-0.2, -0.15) is 0 Å². The van der Waals surface area contributed by atoms with Gasteiger partial charge in [-0.1, -0.05) is 0 Å². The molecule has 0 unspecified atom stereocenters. The van der Waals surface area contributed by atoms with Gasteiger partial charge in [0, 0.05) is 11.6 Å². The molecular weight excluding hydrogens is 272 g/mol. The molecule has 1 aliphatic heterocycles. The predicted molar refractivity (Wildman–Crippen MR) is 62.9 cm³/mol. The van der Waals surface area contributed by atoms with Crippen molar-refractivity contribution >= 4 is 32.9 Å². The number of carbonyl (C=O) groups is 2. The van der Waals surface area contributed by atoms with Crippen molar-refractivity contribution in [2.45, 2.75) is 4.90 Å². The highest BCUT2D eigenvalue weighted by Gasteiger charge is 2.32. The molecule has 0 saturated heterocycles. The third-order valence-corrected chi connectivity index (χ3v) is 3.69. The van der Waals surface area contributed by atoms with E-state index in [0.717, 1.165) is 0 Å². The summed E-state index contributed by atoms with van der Waals surface area (Å²) in [6.07, 6.45) is 1.22. The van der Waals surface area contributed by atoms with Crippen molar-refractivity contribution < 1.29 is 22.7 Å². The van der Waals surface area contributed by atoms with Crippen LogP contribution in [0.15, 0.2) is 29.3 Å². The van der Waals surface area contributed by atoms with Crippen molar-refractivity contribution in [1.29, 1.82) is 0 Å². The Morgan fingerprint density at radius 3 is 2.58 bits per heavy atom. The molecular formula is C11H6N2O5S. The monoisotopic (exact) mass is 278 g/mol. The van der Waals surface area contributed by atoms with E-state index < -0.39 is 22.0 Å². The van der Waals surface area contributed by atoms with Gasteiger partial charge in [-0.3, -0.25) is 4.98 Å². The Morgan fingerprint density at radius 2 is 1.89 bits per heavy atom. The van der Waals surface area contributed by atoms with Gasteiger partial charge in [-0.25, -0.2) is 23.1 Å². The number of nitrogens with two attached hydrogens (primary N) is 1. The van der Waals surface area contributed by atoms with E-state index in [9.17, 15) is 18.0 Å². The van der Waals surface area contributed by atoms with Crippen LogP contribution in [0, 0.1) is 0 Å². The van der Waals surface area contributed by atoms with Crippen LogP contribution in [0.5, 0.6) is 0 Å². The van der Waals surface area contributed by atoms with Crippen LogP contribution in [0.2, 0.25) is 0 Å². The van der Waals surface area contributed by atoms with Gasteiger partial charge in [0.15, 0.2) is 0 Å². The number of carbonyl (C=O) groups excluding carboxylic acids is 2. The molecule has 96 valence electrons. The van der Waals surface area contributed by atoms with Crippen LogP contribution in [0.1, 0.15) is 20.7 Å². The Kier molecular flexibility index (Phi) is 2.22. The van der Waals surface area contributed by atoms with Crippen LogP contribution >= 0.6 is 0 Å². The van der Waals surface area contributed by atoms with Crippen molar-refractivity contribution in [3.8, 4) is 0 Å². The highest BCUT2D eigenvalue weighted by Crippen LogP contribution is 2.28. The quantitative estimate of drug-likeness (QED) is 0.588. The van der Waals surface area contributed by atoms with Gasteiger partial charge in [0.25, 0.3) is 0 Å². The van der Waals surface area contributed by atoms with Crippen molar-refractivity contribution in [1.82, 2.24) is 4.98 Å². The molecule has 1 aromatic heterocycles. The highest BCUT2D eigenvalue weighted by atomic mass is 32.2. The van der Waals surface area contributed by atoms with Gasteiger partial charge in [0.2, 0.25) is 10.0 Å². The number of esters is 2. The smallest absolute Gasteiger partial charge is 0.348 e. The Morgan fingerprint density at radius 1 is 1.16 bits per heavy atom. The number of sulfonamides is 1. The van der Waals surface area contributed by atoms with Crippen molar-refractivity contribution in [3.63, 3.8) is 0 Å². The molecule has 0 fully saturated rings. The number of rotatable bonds is 1. The first-order chi connectivity index (χ1) is 8.88. The predicted octanol–water partition coefficient (Wildman–Crippen LogP) is 0.193. The summed E-state index contributed by atoms with van der Waals surface area (Å²) in [6.45, 7) is 0. The second-order valence-corrected chi connectivity index (χ2v) is 5.51. The van der Waals surface area contributed by atoms with E-state index in [2.05, 4.69) is 9.72 Å². The number of pyridine rings is 1. The number of nitrogens with zero attached hydrogens (tertiary/aromatic N) is 1. The molecule has 0 atom stereocenters. The molecule has 0 aliphatic carbocycles. The van der Waals surface area contributed by atoms with Crippen LogP contribution in [0.25, 0.3) is 10.9 Å². The van der Waals surface area contributed by atoms with Crippen LogP contribution < -0.4 is 5.14 Å². The largest absolute Gasteiger partial charge is 0.386 e. The van der Waals surface area contributed by atoms with E-state index in [-0.39, 0.29) is 21.4 Å². The first-order valence-corrected chi connectivity index (χ1v) is 6.64. The maximum absolute atomic E-state index is 11.6. The number of hydrogen-bond donors (Lipinski definition) is 1. The number of ether oxygens (including phenoxy) is 1. The number of primary sulfonamides is 1. The number of fused-ring (bicyclic) bond motifs is 3. The lowest BCUT2D eigenvalue weighted by Gasteiger charge is -2.03. The highest BCUT2D eigenvalue weighted by molar-refractivity contribution is 7.89. The molecule has 0 spiro atoms. The lowest BCUT2D eigenvalue weighted by molar-refractivity contribution is 0.0444. The summed E-state index contributed by atoms with van der Waals surface area (Å²) in [6, 6.07) is 3.89. The van der Waals surface area contributed by atoms with Gasteiger partial charge in [0.05, 0.1) is 21.5 Å². The standard InChI is InChI=1S/C11H6N2O5S/c12-19(16,17)5-1-2-8-6(3-5)9-7(4-13-8)10(14)18-11(9)15/h1-4H,(H2,12,16,17). The van der Waals surface area contributed by atoms with E-state index in [0.29, 0.717) is 5.52 Å². The molecule has 2 heterocycles. The third kappa shape index (κ3) is 1.69. The molecule has 2 aromatic rings. The first-order valence-electron chi connectivity index (χ1n) is 5.10. The molecule has 0 bridgehead atoms. The summed E-state index contributed by atoms with van der Waals surface area (Å²) in [5, 5.41) is 5.25. The SMILES string of the molecule is NS(=O)(=O)c1ccc2ncc3c(c2c1)C(=O)OC3=O. The lowest BCUT2D eigenvalue weighted by Crippen LogP contribution is -2.12. The second kappa shape index (κ2) is 3.59. The molecule has 7 nitrogen and oxygen atoms in total. The Labute approximate surface area is 107 Å². The molecule has 8 heteroatoms. The van der Waals surface area contributed by atoms with Crippen LogP contribution in [-0.4, -0.2) is 25.3 Å². The zero-order chi connectivity index (χ0) is 13.8. The normalized spacial score (nSPS) is 14.6. The minimum Gasteiger partial charge on any atom is -0.386 e. The maximum Gasteiger partial charge on any atom is 0.348 e. The number of cyclic esters (lactones) is 2. The minimum atomic E-state index is -3.91. The fraction of sp³-hybridized carbons (Fsp3) is 0. The van der Waals surface area contributed by atoms with Crippen molar-refractivity contribution in [3.05, 3.63) is 35.5 Å². The number of hydrogen-bond acceptors (Lipinski definition) is 6. The van der Waals surface area contributed by atoms with Gasteiger partial charge in [-0.05, 0) is 18.2 Å². The zero-order valence-corrected chi connectivity index (χ0v) is 10.1. The zero-order valence-electron chi connectivity index (χ0n) is 9.28. The molecule has 1 aliphatic rings. The molecule has 0 amide bonds. The van der Waals surface area contributed by atoms with Gasteiger partial charge >= 0.3 is 11.9 Å². The Balaban J connectivity index is 2.43. The topological polar surface area (TPSA) is 116 Å². The molecule has 19 heavy (non-hydrogen) atoms. The van der Waals surface area contributed by atoms with Crippen LogP contribution in [-0.2, 0) is 14.8 Å². The summed E-state index contributed by atoms with van der Waals surface area (Å²) in [7, 11) is -3.91. The number of aromatic nitrogens is 1. The number of benzene rings is 1. The van der Waals surface area contributed by atoms with Gasteiger partial charge in [-0.15, -0.1) is 0 Å². The Bertz CT molecular complexity index is 857. The second-order valence-electron chi connectivity index (χ2n) is 3.95. The maximum atomic E-state index is 11.6. The molecule has 3 rings (SSSR count). The van der Waals surface area contributed by atoms with Crippen molar-refractivity contribution in [2.75, 3.05) is 0 Å². The van der Waals surface area contributed by atoms with Gasteiger partial charge < -0.3 is 4.74 Å². The fourth-order valence-electron chi connectivity index (χ4n) is 1.91. The average Bonchev–Trinajstić information content (AvgIpc) is 2.63. The summed E-state index contributed by atoms with van der Waals surface area (Å²) >= 11 is 0. The van der Waals surface area contributed by atoms with E-state index in [1.165, 1.54) is 24.4 Å². The van der Waals surface area contributed by atoms with E-state index in [4.69, 9.17) is 5.14 Å². The van der Waals surface area contributed by atoms with Gasteiger partial charge in [0.1, 0.15) is 0 Å². The molecule has 2 N–H and O–H groups in total. The van der Waals surface area contributed by atoms with Crippen LogP contribution in [0.3, 0.4) is 0 Å². The summed E-state index contributed by atoms with van der Waals surface area (Å²) < 4.78 is 27.1. The van der Waals surface area contributed by atoms with E-state index in [1.807, 2.05) is 0 Å².